The van der Waals surface area contributed by atoms with Crippen LogP contribution in [-0.4, -0.2) is 26.4 Å². The number of rotatable bonds is 10. The summed E-state index contributed by atoms with van der Waals surface area (Å²) in [5, 5.41) is 3.44. The van der Waals surface area contributed by atoms with Crippen LogP contribution in [0.4, 0.5) is 0 Å². The second-order valence-corrected chi connectivity index (χ2v) is 5.99. The van der Waals surface area contributed by atoms with E-state index in [0.29, 0.717) is 25.0 Å². The molecule has 0 heterocycles. The zero-order chi connectivity index (χ0) is 14.8. The van der Waals surface area contributed by atoms with Gasteiger partial charge in [-0.3, -0.25) is 0 Å². The van der Waals surface area contributed by atoms with E-state index in [-0.39, 0.29) is 0 Å². The van der Waals surface area contributed by atoms with E-state index in [1.807, 2.05) is 12.1 Å². The Morgan fingerprint density at radius 2 is 1.85 bits per heavy atom. The van der Waals surface area contributed by atoms with E-state index in [0.717, 1.165) is 25.4 Å². The van der Waals surface area contributed by atoms with E-state index < -0.39 is 0 Å². The van der Waals surface area contributed by atoms with Crippen molar-refractivity contribution in [3.05, 3.63) is 29.8 Å². The van der Waals surface area contributed by atoms with Crippen LogP contribution in [0.3, 0.4) is 0 Å². The summed E-state index contributed by atoms with van der Waals surface area (Å²) in [7, 11) is 0. The minimum Gasteiger partial charge on any atom is -0.491 e. The maximum atomic E-state index is 5.70. The molecule has 0 amide bonds. The Kier molecular flexibility index (Phi) is 8.31. The van der Waals surface area contributed by atoms with Gasteiger partial charge in [0.1, 0.15) is 12.4 Å². The smallest absolute Gasteiger partial charge is 0.119 e. The van der Waals surface area contributed by atoms with Gasteiger partial charge >= 0.3 is 0 Å². The van der Waals surface area contributed by atoms with E-state index in [1.54, 1.807) is 0 Å². The predicted molar refractivity (Wildman–Crippen MR) is 84.1 cm³/mol. The van der Waals surface area contributed by atoms with Crippen molar-refractivity contribution in [1.82, 2.24) is 5.32 Å². The first-order valence-corrected chi connectivity index (χ1v) is 7.58. The van der Waals surface area contributed by atoms with Gasteiger partial charge in [-0.2, -0.15) is 0 Å². The van der Waals surface area contributed by atoms with Crippen molar-refractivity contribution < 1.29 is 9.47 Å². The molecule has 0 saturated heterocycles. The molecular formula is C17H29NO2. The Balaban J connectivity index is 2.25. The highest BCUT2D eigenvalue weighted by molar-refractivity contribution is 5.28. The third kappa shape index (κ3) is 8.18. The van der Waals surface area contributed by atoms with Crippen LogP contribution in [0.25, 0.3) is 0 Å². The van der Waals surface area contributed by atoms with Crippen LogP contribution in [0.1, 0.15) is 33.3 Å². The summed E-state index contributed by atoms with van der Waals surface area (Å²) in [4.78, 5) is 0. The van der Waals surface area contributed by atoms with Gasteiger partial charge in [-0.05, 0) is 36.1 Å². The molecule has 1 rings (SSSR count). The maximum absolute atomic E-state index is 5.70. The molecule has 114 valence electrons. The van der Waals surface area contributed by atoms with E-state index in [9.17, 15) is 0 Å². The number of hydrogen-bond acceptors (Lipinski definition) is 3. The highest BCUT2D eigenvalue weighted by Gasteiger charge is 1.99. The Labute approximate surface area is 123 Å². The largest absolute Gasteiger partial charge is 0.491 e. The average molecular weight is 279 g/mol. The van der Waals surface area contributed by atoms with Gasteiger partial charge in [-0.1, -0.05) is 39.8 Å². The first kappa shape index (κ1) is 17.0. The molecule has 3 heteroatoms. The van der Waals surface area contributed by atoms with Crippen molar-refractivity contribution in [2.45, 2.75) is 34.2 Å². The van der Waals surface area contributed by atoms with E-state index in [1.165, 1.54) is 5.56 Å². The van der Waals surface area contributed by atoms with Gasteiger partial charge in [-0.25, -0.2) is 0 Å². The van der Waals surface area contributed by atoms with Crippen LogP contribution >= 0.6 is 0 Å². The van der Waals surface area contributed by atoms with Gasteiger partial charge in [0.15, 0.2) is 0 Å². The Bertz CT molecular complexity index is 364. The molecule has 20 heavy (non-hydrogen) atoms. The van der Waals surface area contributed by atoms with Crippen LogP contribution in [0.15, 0.2) is 24.3 Å². The first-order chi connectivity index (χ1) is 9.58. The summed E-state index contributed by atoms with van der Waals surface area (Å²) in [5.74, 6) is 2.17. The molecule has 0 atom stereocenters. The zero-order valence-corrected chi connectivity index (χ0v) is 13.3. The molecule has 0 aliphatic carbocycles. The highest BCUT2D eigenvalue weighted by atomic mass is 16.5. The molecule has 3 nitrogen and oxygen atoms in total. The third-order valence-electron chi connectivity index (χ3n) is 2.73. The fraction of sp³-hybridized carbons (Fsp3) is 0.647. The van der Waals surface area contributed by atoms with Crippen molar-refractivity contribution in [2.24, 2.45) is 11.8 Å². The first-order valence-electron chi connectivity index (χ1n) is 7.58. The Morgan fingerprint density at radius 1 is 1.05 bits per heavy atom. The van der Waals surface area contributed by atoms with Crippen LogP contribution in [0.5, 0.6) is 5.75 Å². The lowest BCUT2D eigenvalue weighted by molar-refractivity contribution is 0.0819. The summed E-state index contributed by atoms with van der Waals surface area (Å²) < 4.78 is 11.2. The lowest BCUT2D eigenvalue weighted by atomic mass is 10.2. The molecule has 0 aliphatic heterocycles. The Hall–Kier alpha value is -1.06. The van der Waals surface area contributed by atoms with Gasteiger partial charge < -0.3 is 14.8 Å². The molecular weight excluding hydrogens is 250 g/mol. The van der Waals surface area contributed by atoms with Gasteiger partial charge in [0, 0.05) is 13.2 Å². The molecule has 0 radical (unpaired) electrons. The maximum Gasteiger partial charge on any atom is 0.119 e. The Morgan fingerprint density at radius 3 is 2.55 bits per heavy atom. The number of hydrogen-bond donors (Lipinski definition) is 1. The quantitative estimate of drug-likeness (QED) is 0.665. The average Bonchev–Trinajstić information content (AvgIpc) is 2.38. The van der Waals surface area contributed by atoms with E-state index in [2.05, 4.69) is 45.1 Å². The molecule has 0 fully saturated rings. The van der Waals surface area contributed by atoms with Gasteiger partial charge in [0.25, 0.3) is 0 Å². The SMILES string of the molecule is CC(C)CNCc1cccc(OCCOCC(C)C)c1. The number of ether oxygens (including phenoxy) is 2. The monoisotopic (exact) mass is 279 g/mol. The highest BCUT2D eigenvalue weighted by Crippen LogP contribution is 2.13. The van der Waals surface area contributed by atoms with Crippen LogP contribution < -0.4 is 10.1 Å². The van der Waals surface area contributed by atoms with Gasteiger partial charge in [0.05, 0.1) is 6.61 Å². The summed E-state index contributed by atoms with van der Waals surface area (Å²) >= 11 is 0. The fourth-order valence-corrected chi connectivity index (χ4v) is 1.79. The molecule has 1 aromatic carbocycles. The van der Waals surface area contributed by atoms with Crippen molar-refractivity contribution >= 4 is 0 Å². The summed E-state index contributed by atoms with van der Waals surface area (Å²) in [6, 6.07) is 8.25. The van der Waals surface area contributed by atoms with Gasteiger partial charge in [-0.15, -0.1) is 0 Å². The number of benzene rings is 1. The molecule has 0 aliphatic rings. The molecule has 0 spiro atoms. The van der Waals surface area contributed by atoms with Crippen LogP contribution in [0, 0.1) is 11.8 Å². The summed E-state index contributed by atoms with van der Waals surface area (Å²) in [6.45, 7) is 12.7. The normalized spacial score (nSPS) is 11.3. The third-order valence-corrected chi connectivity index (χ3v) is 2.73. The van der Waals surface area contributed by atoms with Crippen LogP contribution in [-0.2, 0) is 11.3 Å². The topological polar surface area (TPSA) is 30.5 Å². The second-order valence-electron chi connectivity index (χ2n) is 5.99. The zero-order valence-electron chi connectivity index (χ0n) is 13.3. The molecule has 0 bridgehead atoms. The summed E-state index contributed by atoms with van der Waals surface area (Å²) in [5.41, 5.74) is 1.26. The molecule has 1 aromatic rings. The lowest BCUT2D eigenvalue weighted by Crippen LogP contribution is -2.18. The lowest BCUT2D eigenvalue weighted by Gasteiger charge is -2.11. The molecule has 1 N–H and O–H groups in total. The van der Waals surface area contributed by atoms with Crippen molar-refractivity contribution in [3.63, 3.8) is 0 Å². The molecule has 0 saturated carbocycles. The van der Waals surface area contributed by atoms with Gasteiger partial charge in [0.2, 0.25) is 0 Å². The van der Waals surface area contributed by atoms with Crippen molar-refractivity contribution in [2.75, 3.05) is 26.4 Å². The van der Waals surface area contributed by atoms with E-state index in [4.69, 9.17) is 9.47 Å². The second kappa shape index (κ2) is 9.78. The summed E-state index contributed by atoms with van der Waals surface area (Å²) in [6.07, 6.45) is 0. The minimum absolute atomic E-state index is 0.574. The molecule has 0 aromatic heterocycles. The van der Waals surface area contributed by atoms with Crippen LogP contribution in [0.2, 0.25) is 0 Å². The van der Waals surface area contributed by atoms with Crippen molar-refractivity contribution in [1.29, 1.82) is 0 Å². The van der Waals surface area contributed by atoms with E-state index >= 15 is 0 Å². The standard InChI is InChI=1S/C17H29NO2/c1-14(2)11-18-12-16-6-5-7-17(10-16)20-9-8-19-13-15(3)4/h5-7,10,14-15,18H,8-9,11-13H2,1-4H3. The fourth-order valence-electron chi connectivity index (χ4n) is 1.79. The molecule has 0 unspecified atom stereocenters. The van der Waals surface area contributed by atoms with Crippen molar-refractivity contribution in [3.8, 4) is 5.75 Å². The predicted octanol–water partition coefficient (Wildman–Crippen LogP) is 3.48. The number of nitrogens with one attached hydrogen (secondary N) is 1. The minimum atomic E-state index is 0.574.